The van der Waals surface area contributed by atoms with Gasteiger partial charge in [0.1, 0.15) is 6.04 Å². The SMILES string of the molecule is C#CCNC(CC)C(=O)O. The zero-order valence-corrected chi connectivity index (χ0v) is 5.92. The molecule has 3 heteroatoms. The Hall–Kier alpha value is -1.01. The first-order chi connectivity index (χ1) is 4.72. The fraction of sp³-hybridized carbons (Fsp3) is 0.571. The number of rotatable bonds is 4. The lowest BCUT2D eigenvalue weighted by Gasteiger charge is -2.08. The molecule has 0 fully saturated rings. The monoisotopic (exact) mass is 141 g/mol. The molecular weight excluding hydrogens is 130 g/mol. The van der Waals surface area contributed by atoms with Gasteiger partial charge in [0, 0.05) is 0 Å². The Balaban J connectivity index is 3.63. The molecule has 1 unspecified atom stereocenters. The van der Waals surface area contributed by atoms with Gasteiger partial charge < -0.3 is 5.11 Å². The minimum atomic E-state index is -0.849. The molecular formula is C7H11NO2. The second-order valence-electron chi connectivity index (χ2n) is 1.88. The average molecular weight is 141 g/mol. The van der Waals surface area contributed by atoms with Gasteiger partial charge in [0.2, 0.25) is 0 Å². The normalized spacial score (nSPS) is 12.0. The van der Waals surface area contributed by atoms with Gasteiger partial charge in [0.05, 0.1) is 6.54 Å². The first-order valence-electron chi connectivity index (χ1n) is 3.12. The highest BCUT2D eigenvalue weighted by Crippen LogP contribution is 1.88. The Morgan fingerprint density at radius 1 is 1.90 bits per heavy atom. The van der Waals surface area contributed by atoms with E-state index in [1.165, 1.54) is 0 Å². The van der Waals surface area contributed by atoms with E-state index in [2.05, 4.69) is 11.2 Å². The predicted molar refractivity (Wildman–Crippen MR) is 38.6 cm³/mol. The second kappa shape index (κ2) is 4.83. The lowest BCUT2D eigenvalue weighted by Crippen LogP contribution is -2.36. The van der Waals surface area contributed by atoms with Gasteiger partial charge in [0.25, 0.3) is 0 Å². The number of aliphatic carboxylic acids is 1. The van der Waals surface area contributed by atoms with Crippen LogP contribution in [0.15, 0.2) is 0 Å². The third-order valence-corrected chi connectivity index (χ3v) is 1.16. The van der Waals surface area contributed by atoms with E-state index >= 15 is 0 Å². The van der Waals surface area contributed by atoms with Crippen LogP contribution in [0.25, 0.3) is 0 Å². The van der Waals surface area contributed by atoms with Gasteiger partial charge in [-0.05, 0) is 6.42 Å². The summed E-state index contributed by atoms with van der Waals surface area (Å²) in [6, 6.07) is -0.504. The number of carbonyl (C=O) groups is 1. The van der Waals surface area contributed by atoms with Gasteiger partial charge in [-0.2, -0.15) is 0 Å². The smallest absolute Gasteiger partial charge is 0.320 e. The van der Waals surface area contributed by atoms with Gasteiger partial charge in [-0.3, -0.25) is 10.1 Å². The molecule has 0 amide bonds. The van der Waals surface area contributed by atoms with Crippen molar-refractivity contribution in [3.05, 3.63) is 0 Å². The molecule has 1 atom stereocenters. The van der Waals surface area contributed by atoms with Gasteiger partial charge in [-0.25, -0.2) is 0 Å². The quantitative estimate of drug-likeness (QED) is 0.545. The molecule has 0 rings (SSSR count). The number of hydrogen-bond donors (Lipinski definition) is 2. The lowest BCUT2D eigenvalue weighted by atomic mass is 10.2. The maximum atomic E-state index is 10.3. The summed E-state index contributed by atoms with van der Waals surface area (Å²) < 4.78 is 0. The zero-order chi connectivity index (χ0) is 7.98. The van der Waals surface area contributed by atoms with Crippen molar-refractivity contribution < 1.29 is 9.90 Å². The van der Waals surface area contributed by atoms with E-state index in [0.29, 0.717) is 13.0 Å². The Morgan fingerprint density at radius 2 is 2.50 bits per heavy atom. The van der Waals surface area contributed by atoms with E-state index in [4.69, 9.17) is 11.5 Å². The average Bonchev–Trinajstić information content (AvgIpc) is 1.89. The van der Waals surface area contributed by atoms with Gasteiger partial charge >= 0.3 is 5.97 Å². The van der Waals surface area contributed by atoms with Crippen molar-refractivity contribution in [3.63, 3.8) is 0 Å². The lowest BCUT2D eigenvalue weighted by molar-refractivity contribution is -0.139. The van der Waals surface area contributed by atoms with E-state index in [1.54, 1.807) is 6.92 Å². The third kappa shape index (κ3) is 3.10. The van der Waals surface area contributed by atoms with E-state index in [9.17, 15) is 4.79 Å². The van der Waals surface area contributed by atoms with Crippen molar-refractivity contribution in [2.45, 2.75) is 19.4 Å². The fourth-order valence-electron chi connectivity index (χ4n) is 0.588. The summed E-state index contributed by atoms with van der Waals surface area (Å²) in [4.78, 5) is 10.3. The molecule has 0 saturated heterocycles. The van der Waals surface area contributed by atoms with Gasteiger partial charge in [-0.1, -0.05) is 12.8 Å². The van der Waals surface area contributed by atoms with Crippen LogP contribution in [0.5, 0.6) is 0 Å². The molecule has 2 N–H and O–H groups in total. The topological polar surface area (TPSA) is 49.3 Å². The van der Waals surface area contributed by atoms with Crippen LogP contribution in [-0.4, -0.2) is 23.7 Å². The number of nitrogens with one attached hydrogen (secondary N) is 1. The van der Waals surface area contributed by atoms with Crippen LogP contribution in [0.1, 0.15) is 13.3 Å². The minimum Gasteiger partial charge on any atom is -0.480 e. The van der Waals surface area contributed by atoms with E-state index in [0.717, 1.165) is 0 Å². The van der Waals surface area contributed by atoms with Crippen LogP contribution >= 0.6 is 0 Å². The van der Waals surface area contributed by atoms with Crippen LogP contribution in [0, 0.1) is 12.3 Å². The molecule has 0 saturated carbocycles. The largest absolute Gasteiger partial charge is 0.480 e. The zero-order valence-electron chi connectivity index (χ0n) is 5.92. The number of carboxylic acid groups (broad SMARTS) is 1. The maximum Gasteiger partial charge on any atom is 0.320 e. The van der Waals surface area contributed by atoms with Crippen LogP contribution in [0.2, 0.25) is 0 Å². The molecule has 0 radical (unpaired) electrons. The Morgan fingerprint density at radius 3 is 2.80 bits per heavy atom. The summed E-state index contributed by atoms with van der Waals surface area (Å²) in [6.07, 6.45) is 5.48. The van der Waals surface area contributed by atoms with Crippen LogP contribution < -0.4 is 5.32 Å². The van der Waals surface area contributed by atoms with Crippen LogP contribution in [0.3, 0.4) is 0 Å². The Bertz CT molecular complexity index is 148. The van der Waals surface area contributed by atoms with Crippen molar-refractivity contribution >= 4 is 5.97 Å². The molecule has 3 nitrogen and oxygen atoms in total. The molecule has 0 aliphatic rings. The molecule has 0 aliphatic carbocycles. The molecule has 0 heterocycles. The number of terminal acetylenes is 1. The molecule has 0 bridgehead atoms. The van der Waals surface area contributed by atoms with Crippen molar-refractivity contribution in [2.75, 3.05) is 6.54 Å². The van der Waals surface area contributed by atoms with Gasteiger partial charge in [0.15, 0.2) is 0 Å². The summed E-state index contributed by atoms with van der Waals surface area (Å²) in [5.41, 5.74) is 0. The minimum absolute atomic E-state index is 0.310. The summed E-state index contributed by atoms with van der Waals surface area (Å²) in [6.45, 7) is 2.10. The van der Waals surface area contributed by atoms with Gasteiger partial charge in [-0.15, -0.1) is 6.42 Å². The van der Waals surface area contributed by atoms with Crippen LogP contribution in [0.4, 0.5) is 0 Å². The standard InChI is InChI=1S/C7H11NO2/c1-3-5-8-6(4-2)7(9)10/h1,6,8H,4-5H2,2H3,(H,9,10). The summed E-state index contributed by atoms with van der Waals surface area (Å²) in [7, 11) is 0. The highest BCUT2D eigenvalue weighted by Gasteiger charge is 2.11. The number of hydrogen-bond acceptors (Lipinski definition) is 2. The van der Waals surface area contributed by atoms with Crippen molar-refractivity contribution in [1.82, 2.24) is 5.32 Å². The van der Waals surface area contributed by atoms with Crippen molar-refractivity contribution in [2.24, 2.45) is 0 Å². The second-order valence-corrected chi connectivity index (χ2v) is 1.88. The fourth-order valence-corrected chi connectivity index (χ4v) is 0.588. The molecule has 56 valence electrons. The molecule has 0 spiro atoms. The first-order valence-corrected chi connectivity index (χ1v) is 3.12. The van der Waals surface area contributed by atoms with E-state index in [-0.39, 0.29) is 0 Å². The highest BCUT2D eigenvalue weighted by atomic mass is 16.4. The van der Waals surface area contributed by atoms with Crippen molar-refractivity contribution in [1.29, 1.82) is 0 Å². The van der Waals surface area contributed by atoms with Crippen molar-refractivity contribution in [3.8, 4) is 12.3 Å². The molecule has 0 aromatic heterocycles. The molecule has 10 heavy (non-hydrogen) atoms. The summed E-state index contributed by atoms with van der Waals surface area (Å²) >= 11 is 0. The van der Waals surface area contributed by atoms with Crippen LogP contribution in [-0.2, 0) is 4.79 Å². The molecule has 0 aromatic carbocycles. The molecule has 0 aliphatic heterocycles. The Labute approximate surface area is 60.4 Å². The van der Waals surface area contributed by atoms with E-state index in [1.807, 2.05) is 0 Å². The maximum absolute atomic E-state index is 10.3. The predicted octanol–water partition coefficient (Wildman–Crippen LogP) is 0.0724. The third-order valence-electron chi connectivity index (χ3n) is 1.16. The number of carboxylic acids is 1. The summed E-state index contributed by atoms with van der Waals surface area (Å²) in [5, 5.41) is 11.2. The highest BCUT2D eigenvalue weighted by molar-refractivity contribution is 5.73. The molecule has 0 aromatic rings. The Kier molecular flexibility index (Phi) is 4.34. The van der Waals surface area contributed by atoms with E-state index < -0.39 is 12.0 Å². The first kappa shape index (κ1) is 8.99. The summed E-state index contributed by atoms with van der Waals surface area (Å²) in [5.74, 6) is 1.46.